The van der Waals surface area contributed by atoms with Crippen molar-refractivity contribution < 1.29 is 0 Å². The third-order valence-corrected chi connectivity index (χ3v) is 3.86. The second-order valence-electron chi connectivity index (χ2n) is 4.69. The number of hydrogen-bond acceptors (Lipinski definition) is 3. The van der Waals surface area contributed by atoms with Gasteiger partial charge in [-0.2, -0.15) is 10.2 Å². The van der Waals surface area contributed by atoms with E-state index in [1.807, 2.05) is 36.4 Å². The summed E-state index contributed by atoms with van der Waals surface area (Å²) in [7, 11) is 0. The van der Waals surface area contributed by atoms with Gasteiger partial charge in [0.15, 0.2) is 0 Å². The van der Waals surface area contributed by atoms with Crippen molar-refractivity contribution in [2.24, 2.45) is 0 Å². The fourth-order valence-electron chi connectivity index (χ4n) is 2.20. The van der Waals surface area contributed by atoms with Crippen LogP contribution in [0.4, 0.5) is 5.69 Å². The van der Waals surface area contributed by atoms with Crippen molar-refractivity contribution in [3.8, 4) is 0 Å². The molecule has 0 aliphatic carbocycles. The highest BCUT2D eigenvalue weighted by atomic mass is 35.5. The van der Waals surface area contributed by atoms with Gasteiger partial charge in [-0.15, -0.1) is 0 Å². The predicted molar refractivity (Wildman–Crippen MR) is 88.2 cm³/mol. The number of nitrogens with zero attached hydrogens (tertiary/aromatic N) is 2. The molecule has 0 saturated heterocycles. The van der Waals surface area contributed by atoms with Crippen molar-refractivity contribution in [1.82, 2.24) is 10.2 Å². The van der Waals surface area contributed by atoms with Crippen LogP contribution in [0.2, 0.25) is 10.0 Å². The van der Waals surface area contributed by atoms with Crippen molar-refractivity contribution in [3.05, 3.63) is 64.3 Å². The van der Waals surface area contributed by atoms with Crippen molar-refractivity contribution in [2.75, 3.05) is 11.9 Å². The van der Waals surface area contributed by atoms with E-state index in [-0.39, 0.29) is 0 Å². The maximum absolute atomic E-state index is 6.17. The fraction of sp³-hybridized carbons (Fsp3) is 0.125. The standard InChI is InChI=1S/C16H13Cl2N3/c17-12-6-5-11(14(18)9-12)7-8-19-16-10-20-21-15-4-2-1-3-13(15)16/h1-6,9-10H,7-8H2,(H,19,21). The predicted octanol–water partition coefficient (Wildman–Crippen LogP) is 4.59. The maximum Gasteiger partial charge on any atom is 0.0950 e. The molecule has 0 bridgehead atoms. The zero-order valence-electron chi connectivity index (χ0n) is 11.2. The summed E-state index contributed by atoms with van der Waals surface area (Å²) in [5.74, 6) is 0. The molecular weight excluding hydrogens is 305 g/mol. The fourth-order valence-corrected chi connectivity index (χ4v) is 2.71. The van der Waals surface area contributed by atoms with Crippen LogP contribution in [0.5, 0.6) is 0 Å². The average Bonchev–Trinajstić information content (AvgIpc) is 2.50. The van der Waals surface area contributed by atoms with Crippen LogP contribution in [0.1, 0.15) is 5.56 Å². The molecule has 21 heavy (non-hydrogen) atoms. The maximum atomic E-state index is 6.17. The number of rotatable bonds is 4. The minimum atomic E-state index is 0.654. The highest BCUT2D eigenvalue weighted by Gasteiger charge is 2.04. The van der Waals surface area contributed by atoms with Gasteiger partial charge in [0.05, 0.1) is 17.4 Å². The van der Waals surface area contributed by atoms with E-state index < -0.39 is 0 Å². The molecule has 1 heterocycles. The van der Waals surface area contributed by atoms with Gasteiger partial charge < -0.3 is 5.32 Å². The van der Waals surface area contributed by atoms with E-state index in [0.717, 1.165) is 35.1 Å². The normalized spacial score (nSPS) is 10.8. The van der Waals surface area contributed by atoms with Crippen LogP contribution >= 0.6 is 23.2 Å². The van der Waals surface area contributed by atoms with E-state index in [4.69, 9.17) is 23.2 Å². The Hall–Kier alpha value is -1.84. The first-order chi connectivity index (χ1) is 10.2. The summed E-state index contributed by atoms with van der Waals surface area (Å²) >= 11 is 12.1. The van der Waals surface area contributed by atoms with E-state index in [2.05, 4.69) is 15.5 Å². The topological polar surface area (TPSA) is 37.8 Å². The van der Waals surface area contributed by atoms with Gasteiger partial charge in [-0.05, 0) is 30.2 Å². The number of halogens is 2. The number of anilines is 1. The zero-order chi connectivity index (χ0) is 14.7. The molecule has 2 aromatic carbocycles. The van der Waals surface area contributed by atoms with Crippen LogP contribution in [-0.4, -0.2) is 16.7 Å². The van der Waals surface area contributed by atoms with Gasteiger partial charge in [0.2, 0.25) is 0 Å². The largest absolute Gasteiger partial charge is 0.383 e. The summed E-state index contributed by atoms with van der Waals surface area (Å²) in [5.41, 5.74) is 2.93. The smallest absolute Gasteiger partial charge is 0.0950 e. The first kappa shape index (κ1) is 14.1. The Bertz CT molecular complexity index is 769. The van der Waals surface area contributed by atoms with Crippen LogP contribution < -0.4 is 5.32 Å². The molecule has 0 fully saturated rings. The quantitative estimate of drug-likeness (QED) is 0.764. The van der Waals surface area contributed by atoms with E-state index in [0.29, 0.717) is 10.0 Å². The van der Waals surface area contributed by atoms with Crippen molar-refractivity contribution >= 4 is 39.8 Å². The van der Waals surface area contributed by atoms with Crippen LogP contribution in [0.15, 0.2) is 48.7 Å². The lowest BCUT2D eigenvalue weighted by Crippen LogP contribution is -2.06. The molecule has 1 aromatic heterocycles. The lowest BCUT2D eigenvalue weighted by atomic mass is 10.1. The Morgan fingerprint density at radius 1 is 1.05 bits per heavy atom. The Balaban J connectivity index is 1.72. The summed E-state index contributed by atoms with van der Waals surface area (Å²) in [4.78, 5) is 0. The number of aromatic nitrogens is 2. The van der Waals surface area contributed by atoms with Crippen molar-refractivity contribution in [3.63, 3.8) is 0 Å². The second kappa shape index (κ2) is 6.29. The Morgan fingerprint density at radius 3 is 2.76 bits per heavy atom. The second-order valence-corrected chi connectivity index (χ2v) is 5.53. The lowest BCUT2D eigenvalue weighted by molar-refractivity contribution is 1.01. The summed E-state index contributed by atoms with van der Waals surface area (Å²) in [5, 5.41) is 13.9. The van der Waals surface area contributed by atoms with Gasteiger partial charge in [0, 0.05) is 22.0 Å². The minimum absolute atomic E-state index is 0.654. The summed E-state index contributed by atoms with van der Waals surface area (Å²) in [6.45, 7) is 0.761. The molecule has 0 unspecified atom stereocenters. The molecule has 1 N–H and O–H groups in total. The zero-order valence-corrected chi connectivity index (χ0v) is 12.7. The van der Waals surface area contributed by atoms with Crippen molar-refractivity contribution in [2.45, 2.75) is 6.42 Å². The Labute approximate surface area is 132 Å². The molecule has 0 aliphatic heterocycles. The van der Waals surface area contributed by atoms with Crippen LogP contribution in [0.25, 0.3) is 10.9 Å². The molecular formula is C16H13Cl2N3. The summed E-state index contributed by atoms with van der Waals surface area (Å²) in [6.07, 6.45) is 2.55. The van der Waals surface area contributed by atoms with E-state index >= 15 is 0 Å². The minimum Gasteiger partial charge on any atom is -0.383 e. The van der Waals surface area contributed by atoms with Gasteiger partial charge in [-0.3, -0.25) is 0 Å². The molecule has 0 spiro atoms. The molecule has 0 atom stereocenters. The average molecular weight is 318 g/mol. The number of nitrogens with one attached hydrogen (secondary N) is 1. The van der Waals surface area contributed by atoms with Gasteiger partial charge in [0.25, 0.3) is 0 Å². The monoisotopic (exact) mass is 317 g/mol. The highest BCUT2D eigenvalue weighted by molar-refractivity contribution is 6.35. The molecule has 0 saturated carbocycles. The van der Waals surface area contributed by atoms with Gasteiger partial charge in [-0.25, -0.2) is 0 Å². The first-order valence-corrected chi connectivity index (χ1v) is 7.38. The molecule has 3 aromatic rings. The van der Waals surface area contributed by atoms with E-state index in [1.165, 1.54) is 0 Å². The van der Waals surface area contributed by atoms with Gasteiger partial charge in [0.1, 0.15) is 0 Å². The first-order valence-electron chi connectivity index (χ1n) is 6.62. The number of hydrogen-bond donors (Lipinski definition) is 1. The molecule has 3 rings (SSSR count). The Kier molecular flexibility index (Phi) is 4.23. The van der Waals surface area contributed by atoms with Crippen molar-refractivity contribution in [1.29, 1.82) is 0 Å². The molecule has 106 valence electrons. The number of fused-ring (bicyclic) bond motifs is 1. The van der Waals surface area contributed by atoms with Gasteiger partial charge in [-0.1, -0.05) is 47.5 Å². The van der Waals surface area contributed by atoms with Gasteiger partial charge >= 0.3 is 0 Å². The molecule has 0 aliphatic rings. The van der Waals surface area contributed by atoms with E-state index in [1.54, 1.807) is 12.3 Å². The third-order valence-electron chi connectivity index (χ3n) is 3.27. The molecule has 0 amide bonds. The lowest BCUT2D eigenvalue weighted by Gasteiger charge is -2.09. The highest BCUT2D eigenvalue weighted by Crippen LogP contribution is 2.22. The SMILES string of the molecule is Clc1ccc(CCNc2cnnc3ccccc23)c(Cl)c1. The molecule has 5 heteroatoms. The van der Waals surface area contributed by atoms with Crippen LogP contribution in [-0.2, 0) is 6.42 Å². The van der Waals surface area contributed by atoms with Crippen LogP contribution in [0.3, 0.4) is 0 Å². The summed E-state index contributed by atoms with van der Waals surface area (Å²) in [6, 6.07) is 13.5. The van der Waals surface area contributed by atoms with E-state index in [9.17, 15) is 0 Å². The third kappa shape index (κ3) is 3.26. The molecule has 0 radical (unpaired) electrons. The molecule has 3 nitrogen and oxygen atoms in total. The van der Waals surface area contributed by atoms with Crippen LogP contribution in [0, 0.1) is 0 Å². The summed E-state index contributed by atoms with van der Waals surface area (Å²) < 4.78 is 0. The Morgan fingerprint density at radius 2 is 1.90 bits per heavy atom. The number of benzene rings is 2.